The van der Waals surface area contributed by atoms with E-state index in [2.05, 4.69) is 26.1 Å². The molecule has 1 amide bonds. The highest BCUT2D eigenvalue weighted by Crippen LogP contribution is 2.27. The van der Waals surface area contributed by atoms with Gasteiger partial charge in [0, 0.05) is 0 Å². The molecule has 1 atom stereocenters. The molecule has 0 bridgehead atoms. The predicted molar refractivity (Wildman–Crippen MR) is 50.6 cm³/mol. The lowest BCUT2D eigenvalue weighted by Gasteiger charge is -2.09. The van der Waals surface area contributed by atoms with E-state index in [0.717, 1.165) is 0 Å². The maximum atomic E-state index is 11.3. The quantitative estimate of drug-likeness (QED) is 0.797. The van der Waals surface area contributed by atoms with Crippen molar-refractivity contribution in [1.29, 1.82) is 0 Å². The largest absolute Gasteiger partial charge is 0.391 e. The number of β-amino-alcohol motifs (C(OH)–C–C–N with tert-alkyl or cyclic N) is 1. The normalized spacial score (nSPS) is 22.8. The lowest BCUT2D eigenvalue weighted by Crippen LogP contribution is -2.24. The molecule has 1 aliphatic heterocycles. The van der Waals surface area contributed by atoms with E-state index in [1.165, 1.54) is 16.2 Å². The maximum absolute atomic E-state index is 11.3. The minimum Gasteiger partial charge on any atom is -0.391 e. The Labute approximate surface area is 86.5 Å². The van der Waals surface area contributed by atoms with Crippen LogP contribution in [0.3, 0.4) is 0 Å². The van der Waals surface area contributed by atoms with Gasteiger partial charge in [0.1, 0.15) is 0 Å². The van der Waals surface area contributed by atoms with Gasteiger partial charge in [-0.05, 0) is 15.9 Å². The van der Waals surface area contributed by atoms with Crippen LogP contribution in [0.25, 0.3) is 0 Å². The zero-order chi connectivity index (χ0) is 9.42. The molecule has 2 heterocycles. The molecule has 1 fully saturated rings. The Morgan fingerprint density at radius 1 is 1.62 bits per heavy atom. The number of hydrogen-bond acceptors (Lipinski definition) is 5. The van der Waals surface area contributed by atoms with Gasteiger partial charge in [0.05, 0.1) is 19.1 Å². The molecule has 1 saturated heterocycles. The summed E-state index contributed by atoms with van der Waals surface area (Å²) in [6.45, 7) is 0.320. The third-order valence-electron chi connectivity index (χ3n) is 1.73. The van der Waals surface area contributed by atoms with Crippen LogP contribution in [0.15, 0.2) is 3.92 Å². The number of aliphatic hydroxyl groups is 1. The first kappa shape index (κ1) is 9.04. The highest BCUT2D eigenvalue weighted by Gasteiger charge is 2.31. The van der Waals surface area contributed by atoms with Crippen LogP contribution in [0.2, 0.25) is 0 Å². The number of aliphatic hydroxyl groups excluding tert-OH is 1. The first-order valence-electron chi connectivity index (χ1n) is 3.64. The summed E-state index contributed by atoms with van der Waals surface area (Å²) in [5.41, 5.74) is 0. The lowest BCUT2D eigenvalue weighted by molar-refractivity contribution is -0.117. The van der Waals surface area contributed by atoms with Gasteiger partial charge in [0.25, 0.3) is 0 Å². The summed E-state index contributed by atoms with van der Waals surface area (Å²) in [5.74, 6) is -0.101. The fraction of sp³-hybridized carbons (Fsp3) is 0.500. The van der Waals surface area contributed by atoms with E-state index in [1.54, 1.807) is 0 Å². The molecule has 7 heteroatoms. The molecule has 0 spiro atoms. The van der Waals surface area contributed by atoms with E-state index in [0.29, 0.717) is 15.6 Å². The molecule has 1 aromatic rings. The molecule has 0 aliphatic carbocycles. The van der Waals surface area contributed by atoms with Crippen molar-refractivity contribution in [3.63, 3.8) is 0 Å². The van der Waals surface area contributed by atoms with Crippen LogP contribution in [-0.4, -0.2) is 33.9 Å². The molecule has 70 valence electrons. The van der Waals surface area contributed by atoms with E-state index in [4.69, 9.17) is 0 Å². The van der Waals surface area contributed by atoms with E-state index in [9.17, 15) is 9.90 Å². The van der Waals surface area contributed by atoms with E-state index in [-0.39, 0.29) is 12.3 Å². The van der Waals surface area contributed by atoms with Gasteiger partial charge in [0.2, 0.25) is 11.0 Å². The zero-order valence-electron chi connectivity index (χ0n) is 6.47. The molecule has 0 saturated carbocycles. The van der Waals surface area contributed by atoms with Crippen molar-refractivity contribution in [3.8, 4) is 0 Å². The molecule has 1 N–H and O–H groups in total. The molecular weight excluding hydrogens is 258 g/mol. The molecule has 0 aromatic carbocycles. The monoisotopic (exact) mass is 263 g/mol. The van der Waals surface area contributed by atoms with Crippen LogP contribution in [-0.2, 0) is 4.79 Å². The summed E-state index contributed by atoms with van der Waals surface area (Å²) in [7, 11) is 0. The average molecular weight is 264 g/mol. The molecule has 0 radical (unpaired) electrons. The summed E-state index contributed by atoms with van der Waals surface area (Å²) < 4.78 is 0.636. The number of anilines is 1. The Kier molecular flexibility index (Phi) is 2.31. The first-order chi connectivity index (χ1) is 6.16. The minimum absolute atomic E-state index is 0.101. The van der Waals surface area contributed by atoms with Crippen molar-refractivity contribution in [2.24, 2.45) is 0 Å². The van der Waals surface area contributed by atoms with Gasteiger partial charge in [-0.15, -0.1) is 10.2 Å². The van der Waals surface area contributed by atoms with E-state index < -0.39 is 6.10 Å². The Hall–Kier alpha value is -0.530. The molecule has 5 nitrogen and oxygen atoms in total. The van der Waals surface area contributed by atoms with Crippen LogP contribution in [0.4, 0.5) is 5.13 Å². The van der Waals surface area contributed by atoms with Gasteiger partial charge in [-0.2, -0.15) is 0 Å². The third kappa shape index (κ3) is 1.72. The number of aromatic nitrogens is 2. The molecule has 1 aliphatic rings. The molecular formula is C6H6BrN3O2S. The van der Waals surface area contributed by atoms with Crippen LogP contribution < -0.4 is 4.90 Å². The smallest absolute Gasteiger partial charge is 0.231 e. The van der Waals surface area contributed by atoms with Gasteiger partial charge in [-0.1, -0.05) is 11.3 Å². The van der Waals surface area contributed by atoms with Gasteiger partial charge in [0.15, 0.2) is 3.92 Å². The summed E-state index contributed by atoms with van der Waals surface area (Å²) in [6.07, 6.45) is -0.396. The van der Waals surface area contributed by atoms with Gasteiger partial charge in [-0.3, -0.25) is 9.69 Å². The number of carbonyl (C=O) groups is 1. The number of nitrogens with zero attached hydrogens (tertiary/aromatic N) is 3. The maximum Gasteiger partial charge on any atom is 0.231 e. The third-order valence-corrected chi connectivity index (χ3v) is 3.10. The second kappa shape index (κ2) is 3.32. The minimum atomic E-state index is -0.574. The SMILES string of the molecule is O=C1CC(O)CN1c1nnc(Br)s1. The lowest BCUT2D eigenvalue weighted by atomic mass is 10.3. The van der Waals surface area contributed by atoms with Crippen molar-refractivity contribution in [2.75, 3.05) is 11.4 Å². The Bertz CT molecular complexity index is 342. The van der Waals surface area contributed by atoms with E-state index in [1.807, 2.05) is 0 Å². The molecule has 13 heavy (non-hydrogen) atoms. The van der Waals surface area contributed by atoms with Gasteiger partial charge in [-0.25, -0.2) is 0 Å². The van der Waals surface area contributed by atoms with Crippen LogP contribution in [0.5, 0.6) is 0 Å². The second-order valence-electron chi connectivity index (χ2n) is 2.70. The predicted octanol–water partition coefficient (Wildman–Crippen LogP) is 0.398. The molecule has 1 unspecified atom stereocenters. The highest BCUT2D eigenvalue weighted by atomic mass is 79.9. The van der Waals surface area contributed by atoms with Crippen molar-refractivity contribution in [1.82, 2.24) is 10.2 Å². The van der Waals surface area contributed by atoms with E-state index >= 15 is 0 Å². The van der Waals surface area contributed by atoms with Crippen molar-refractivity contribution in [2.45, 2.75) is 12.5 Å². The number of carbonyl (C=O) groups excluding carboxylic acids is 1. The average Bonchev–Trinajstić information content (AvgIpc) is 2.58. The van der Waals surface area contributed by atoms with Crippen LogP contribution in [0.1, 0.15) is 6.42 Å². The summed E-state index contributed by atoms with van der Waals surface area (Å²) >= 11 is 4.44. The number of rotatable bonds is 1. The summed E-state index contributed by atoms with van der Waals surface area (Å²) in [5, 5.41) is 17.3. The summed E-state index contributed by atoms with van der Waals surface area (Å²) in [6, 6.07) is 0. The standard InChI is InChI=1S/C6H6BrN3O2S/c7-5-8-9-6(13-5)10-2-3(11)1-4(10)12/h3,11H,1-2H2. The fourth-order valence-electron chi connectivity index (χ4n) is 1.18. The van der Waals surface area contributed by atoms with Crippen LogP contribution >= 0.6 is 27.3 Å². The second-order valence-corrected chi connectivity index (χ2v) is 4.93. The molecule has 1 aromatic heterocycles. The Morgan fingerprint density at radius 3 is 2.85 bits per heavy atom. The number of amides is 1. The highest BCUT2D eigenvalue weighted by molar-refractivity contribution is 9.11. The number of hydrogen-bond donors (Lipinski definition) is 1. The fourth-order valence-corrected chi connectivity index (χ4v) is 2.30. The van der Waals surface area contributed by atoms with Gasteiger partial charge < -0.3 is 5.11 Å². The van der Waals surface area contributed by atoms with Crippen molar-refractivity contribution in [3.05, 3.63) is 3.92 Å². The number of halogens is 1. The topological polar surface area (TPSA) is 66.3 Å². The molecule has 2 rings (SSSR count). The first-order valence-corrected chi connectivity index (χ1v) is 5.25. The summed E-state index contributed by atoms with van der Waals surface area (Å²) in [4.78, 5) is 12.7. The Balaban J connectivity index is 2.22. The van der Waals surface area contributed by atoms with Crippen molar-refractivity contribution < 1.29 is 9.90 Å². The zero-order valence-corrected chi connectivity index (χ0v) is 8.88. The van der Waals surface area contributed by atoms with Crippen LogP contribution in [0, 0.1) is 0 Å². The Morgan fingerprint density at radius 2 is 2.38 bits per heavy atom. The van der Waals surface area contributed by atoms with Gasteiger partial charge >= 0.3 is 0 Å². The van der Waals surface area contributed by atoms with Crippen molar-refractivity contribution >= 4 is 38.3 Å².